The summed E-state index contributed by atoms with van der Waals surface area (Å²) in [4.78, 5) is 86.2. The Bertz CT molecular complexity index is 2020. The number of carbonyl (C=O) groups excluding carboxylic acids is 6. The Kier molecular flexibility index (Phi) is 13.8. The van der Waals surface area contributed by atoms with E-state index in [9.17, 15) is 28.8 Å². The number of nitrogens with two attached hydrogens (primary N) is 2. The minimum atomic E-state index is -1.83. The molecule has 56 heavy (non-hydrogen) atoms. The number of aromatic nitrogens is 1. The molecule has 1 aromatic heterocycles. The number of hydrogen-bond acceptors (Lipinski definition) is 6. The number of piperidine rings is 1. The molecule has 1 aliphatic rings. The number of likely N-dealkylation sites (tertiary alicyclic amines) is 1. The highest BCUT2D eigenvalue weighted by molar-refractivity contribution is 6.00. The zero-order valence-electron chi connectivity index (χ0n) is 31.9. The number of carbonyl (C=O) groups is 6. The van der Waals surface area contributed by atoms with Crippen molar-refractivity contribution in [2.24, 2.45) is 17.4 Å². The number of H-pyrrole nitrogens is 1. The third kappa shape index (κ3) is 10.1. The van der Waals surface area contributed by atoms with E-state index in [2.05, 4.69) is 26.3 Å². The average molecular weight is 765 g/mol. The van der Waals surface area contributed by atoms with Crippen LogP contribution in [-0.4, -0.2) is 76.2 Å². The van der Waals surface area contributed by atoms with Gasteiger partial charge >= 0.3 is 6.03 Å². The molecule has 7 amide bonds. The van der Waals surface area contributed by atoms with Gasteiger partial charge in [0.2, 0.25) is 29.5 Å². The largest absolute Gasteiger partial charge is 0.368 e. The van der Waals surface area contributed by atoms with Gasteiger partial charge in [-0.15, -0.1) is 0 Å². The number of fused-ring (bicyclic) bond motifs is 1. The molecule has 3 aromatic carbocycles. The molecule has 2 heterocycles. The van der Waals surface area contributed by atoms with Crippen LogP contribution in [0.15, 0.2) is 85.1 Å². The van der Waals surface area contributed by atoms with Crippen molar-refractivity contribution in [3.8, 4) is 0 Å². The van der Waals surface area contributed by atoms with Gasteiger partial charge in [-0.3, -0.25) is 24.0 Å². The van der Waals surface area contributed by atoms with Crippen molar-refractivity contribution in [1.82, 2.24) is 31.2 Å². The van der Waals surface area contributed by atoms with E-state index in [1.807, 2.05) is 85.8 Å². The summed E-state index contributed by atoms with van der Waals surface area (Å²) in [7, 11) is 0. The molecular formula is C42H52N8O6. The Morgan fingerprint density at radius 1 is 0.804 bits per heavy atom. The first-order valence-electron chi connectivity index (χ1n) is 19.0. The molecule has 0 bridgehead atoms. The molecule has 4 atom stereocenters. The number of nitrogens with one attached hydrogen (secondary N) is 5. The van der Waals surface area contributed by atoms with Crippen LogP contribution < -0.4 is 32.7 Å². The minimum absolute atomic E-state index is 0.00695. The molecule has 0 aliphatic carbocycles. The molecule has 0 radical (unpaired) electrons. The molecule has 1 aliphatic heterocycles. The summed E-state index contributed by atoms with van der Waals surface area (Å²) < 4.78 is 0. The maximum absolute atomic E-state index is 15.0. The fourth-order valence-corrected chi connectivity index (χ4v) is 7.66. The van der Waals surface area contributed by atoms with Crippen LogP contribution in [0, 0.1) is 12.8 Å². The van der Waals surface area contributed by atoms with Gasteiger partial charge in [-0.25, -0.2) is 4.79 Å². The van der Waals surface area contributed by atoms with E-state index in [1.54, 1.807) is 6.20 Å². The second-order valence-electron chi connectivity index (χ2n) is 14.5. The summed E-state index contributed by atoms with van der Waals surface area (Å²) in [6.07, 6.45) is 3.44. The highest BCUT2D eigenvalue weighted by Crippen LogP contribution is 2.39. The van der Waals surface area contributed by atoms with Gasteiger partial charge in [-0.05, 0) is 68.2 Å². The highest BCUT2D eigenvalue weighted by atomic mass is 16.2. The molecule has 0 spiro atoms. The topological polar surface area (TPSA) is 222 Å². The van der Waals surface area contributed by atoms with Gasteiger partial charge < -0.3 is 42.6 Å². The second-order valence-corrected chi connectivity index (χ2v) is 14.5. The van der Waals surface area contributed by atoms with Crippen molar-refractivity contribution in [3.63, 3.8) is 0 Å². The maximum atomic E-state index is 15.0. The van der Waals surface area contributed by atoms with E-state index in [0.29, 0.717) is 24.8 Å². The van der Waals surface area contributed by atoms with E-state index in [0.717, 1.165) is 27.6 Å². The van der Waals surface area contributed by atoms with Crippen LogP contribution in [0.25, 0.3) is 10.9 Å². The van der Waals surface area contributed by atoms with Gasteiger partial charge in [0, 0.05) is 50.1 Å². The van der Waals surface area contributed by atoms with Gasteiger partial charge in [0.15, 0.2) is 0 Å². The summed E-state index contributed by atoms with van der Waals surface area (Å²) in [5.41, 5.74) is 14.0. The fourth-order valence-electron chi connectivity index (χ4n) is 7.66. The number of urea groups is 1. The molecule has 1 fully saturated rings. The number of benzene rings is 3. The normalized spacial score (nSPS) is 16.9. The maximum Gasteiger partial charge on any atom is 0.312 e. The molecular weight excluding hydrogens is 713 g/mol. The van der Waals surface area contributed by atoms with Crippen LogP contribution in [0.4, 0.5) is 4.79 Å². The lowest BCUT2D eigenvalue weighted by Crippen LogP contribution is -2.71. The number of hydrogen-bond donors (Lipinski definition) is 7. The summed E-state index contributed by atoms with van der Waals surface area (Å²) in [5.74, 6) is -4.20. The molecule has 4 aromatic rings. The number of rotatable bonds is 17. The van der Waals surface area contributed by atoms with E-state index in [4.69, 9.17) is 11.5 Å². The fraction of sp³-hybridized carbons (Fsp3) is 0.381. The zero-order chi connectivity index (χ0) is 40.2. The first-order valence-corrected chi connectivity index (χ1v) is 19.0. The number of aromatic amines is 1. The van der Waals surface area contributed by atoms with Gasteiger partial charge in [0.1, 0.15) is 17.6 Å². The lowest BCUT2D eigenvalue weighted by Gasteiger charge is -2.50. The molecule has 0 saturated carbocycles. The van der Waals surface area contributed by atoms with Crippen LogP contribution in [0.2, 0.25) is 0 Å². The first kappa shape index (κ1) is 41.0. The van der Waals surface area contributed by atoms with Crippen LogP contribution in [-0.2, 0) is 43.4 Å². The molecule has 14 nitrogen and oxygen atoms in total. The van der Waals surface area contributed by atoms with Gasteiger partial charge in [-0.2, -0.15) is 0 Å². The van der Waals surface area contributed by atoms with Gasteiger partial charge in [0.05, 0.1) is 5.92 Å². The Hall–Kier alpha value is -6.18. The average Bonchev–Trinajstić information content (AvgIpc) is 3.60. The monoisotopic (exact) mass is 764 g/mol. The third-order valence-electron chi connectivity index (χ3n) is 10.5. The van der Waals surface area contributed by atoms with Crippen LogP contribution >= 0.6 is 0 Å². The molecule has 1 saturated heterocycles. The van der Waals surface area contributed by atoms with Crippen LogP contribution in [0.3, 0.4) is 0 Å². The first-order chi connectivity index (χ1) is 26.9. The van der Waals surface area contributed by atoms with Gasteiger partial charge in [-0.1, -0.05) is 78.4 Å². The number of para-hydroxylation sites is 1. The number of amides is 7. The van der Waals surface area contributed by atoms with Crippen molar-refractivity contribution in [2.75, 3.05) is 13.1 Å². The van der Waals surface area contributed by atoms with Crippen LogP contribution in [0.1, 0.15) is 61.3 Å². The van der Waals surface area contributed by atoms with Crippen molar-refractivity contribution in [2.45, 2.75) is 83.0 Å². The quantitative estimate of drug-likeness (QED) is 0.0801. The standard InChI is InChI=1S/C42H52N8O6/c1-27-16-18-30(19-17-27)25-47-38(53)35(15-10-21-45-41(44)56)49-37(52)33(24-31-26-46-34-14-7-6-13-32(31)34)42(40(43)55)20-8-9-22-50(42)39(54)36(48-28(2)51)23-29-11-4-3-5-12-29/h3-7,11-14,16-19,26,33,35-36,46H,8-10,15,20-25H2,1-2H3,(H2,43,55)(H,47,53)(H,48,51)(H,49,52)(H3,44,45,56)/t33-,35+,36+,42?/m1/s1. The number of aryl methyl sites for hydroxylation is 1. The predicted octanol–water partition coefficient (Wildman–Crippen LogP) is 2.87. The smallest absolute Gasteiger partial charge is 0.312 e. The summed E-state index contributed by atoms with van der Waals surface area (Å²) in [5, 5.41) is 11.9. The Labute approximate surface area is 326 Å². The minimum Gasteiger partial charge on any atom is -0.368 e. The molecule has 14 heteroatoms. The molecule has 1 unspecified atom stereocenters. The van der Waals surface area contributed by atoms with Crippen molar-refractivity contribution >= 4 is 46.5 Å². The number of primary amides is 2. The highest BCUT2D eigenvalue weighted by Gasteiger charge is 2.56. The summed E-state index contributed by atoms with van der Waals surface area (Å²) in [6.45, 7) is 3.75. The summed E-state index contributed by atoms with van der Waals surface area (Å²) >= 11 is 0. The number of nitrogens with zero attached hydrogens (tertiary/aromatic N) is 1. The van der Waals surface area contributed by atoms with Crippen molar-refractivity contribution < 1.29 is 28.8 Å². The zero-order valence-corrected chi connectivity index (χ0v) is 31.9. The Balaban J connectivity index is 1.54. The van der Waals surface area contributed by atoms with E-state index >= 15 is 0 Å². The van der Waals surface area contributed by atoms with Crippen LogP contribution in [0.5, 0.6) is 0 Å². The Morgan fingerprint density at radius 3 is 2.21 bits per heavy atom. The SMILES string of the molecule is CC(=O)N[C@@H](Cc1ccccc1)C(=O)N1CCCCC1(C(N)=O)[C@H](Cc1c[nH]c2ccccc12)C(=O)N[C@@H](CCCNC(N)=O)C(=O)NCc1ccc(C)cc1. The lowest BCUT2D eigenvalue weighted by atomic mass is 9.71. The van der Waals surface area contributed by atoms with Crippen molar-refractivity contribution in [3.05, 3.63) is 107 Å². The molecule has 9 N–H and O–H groups in total. The molecule has 5 rings (SSSR count). The van der Waals surface area contributed by atoms with E-state index in [1.165, 1.54) is 11.8 Å². The Morgan fingerprint density at radius 2 is 1.52 bits per heavy atom. The molecule has 296 valence electrons. The lowest BCUT2D eigenvalue weighted by molar-refractivity contribution is -0.160. The van der Waals surface area contributed by atoms with Gasteiger partial charge in [0.25, 0.3) is 0 Å². The van der Waals surface area contributed by atoms with E-state index in [-0.39, 0.29) is 45.3 Å². The second kappa shape index (κ2) is 18.9. The predicted molar refractivity (Wildman–Crippen MR) is 213 cm³/mol. The van der Waals surface area contributed by atoms with Crippen molar-refractivity contribution in [1.29, 1.82) is 0 Å². The summed E-state index contributed by atoms with van der Waals surface area (Å²) in [6, 6.07) is 21.5. The third-order valence-corrected chi connectivity index (χ3v) is 10.5. The van der Waals surface area contributed by atoms with E-state index < -0.39 is 59.1 Å².